The molecule has 0 saturated heterocycles. The van der Waals surface area contributed by atoms with Crippen LogP contribution < -0.4 is 5.32 Å². The number of amides is 1. The van der Waals surface area contributed by atoms with Crippen molar-refractivity contribution in [1.82, 2.24) is 4.90 Å². The van der Waals surface area contributed by atoms with Gasteiger partial charge in [0.15, 0.2) is 0 Å². The maximum absolute atomic E-state index is 11.8. The van der Waals surface area contributed by atoms with Crippen LogP contribution in [0.15, 0.2) is 18.2 Å². The van der Waals surface area contributed by atoms with E-state index in [1.54, 1.807) is 23.1 Å². The van der Waals surface area contributed by atoms with Gasteiger partial charge >= 0.3 is 0 Å². The van der Waals surface area contributed by atoms with Gasteiger partial charge < -0.3 is 10.2 Å². The number of benzene rings is 1. The highest BCUT2D eigenvalue weighted by Crippen LogP contribution is 2.20. The van der Waals surface area contributed by atoms with E-state index in [2.05, 4.69) is 5.32 Å². The van der Waals surface area contributed by atoms with Crippen LogP contribution in [0, 0.1) is 11.3 Å². The lowest BCUT2D eigenvalue weighted by Crippen LogP contribution is -2.31. The number of rotatable bonds is 6. The largest absolute Gasteiger partial charge is 0.384 e. The number of anilines is 1. The zero-order valence-electron chi connectivity index (χ0n) is 11.2. The fourth-order valence-electron chi connectivity index (χ4n) is 1.76. The first kappa shape index (κ1) is 15.3. The summed E-state index contributed by atoms with van der Waals surface area (Å²) in [7, 11) is 0. The van der Waals surface area contributed by atoms with Crippen LogP contribution in [-0.2, 0) is 4.79 Å². The van der Waals surface area contributed by atoms with Crippen LogP contribution in [0.3, 0.4) is 0 Å². The van der Waals surface area contributed by atoms with Gasteiger partial charge in [0.25, 0.3) is 0 Å². The Labute approximate surface area is 119 Å². The lowest BCUT2D eigenvalue weighted by Gasteiger charge is -2.18. The standard InChI is InChI=1S/C14H18ClN3O/c1-3-18(4-2)14(19)7-8-17-12-6-5-11(10-16)13(15)9-12/h5-6,9,17H,3-4,7-8H2,1-2H3. The molecule has 19 heavy (non-hydrogen) atoms. The molecule has 0 aliphatic carbocycles. The van der Waals surface area contributed by atoms with E-state index in [0.29, 0.717) is 23.6 Å². The minimum absolute atomic E-state index is 0.136. The maximum Gasteiger partial charge on any atom is 0.224 e. The van der Waals surface area contributed by atoms with E-state index < -0.39 is 0 Å². The molecule has 1 N–H and O–H groups in total. The summed E-state index contributed by atoms with van der Waals surface area (Å²) in [4.78, 5) is 13.6. The Kier molecular flexibility index (Phi) is 6.17. The molecule has 0 spiro atoms. The summed E-state index contributed by atoms with van der Waals surface area (Å²) < 4.78 is 0. The number of halogens is 1. The maximum atomic E-state index is 11.8. The average molecular weight is 280 g/mol. The Morgan fingerprint density at radius 2 is 2.11 bits per heavy atom. The van der Waals surface area contributed by atoms with Crippen molar-refractivity contribution in [1.29, 1.82) is 5.26 Å². The lowest BCUT2D eigenvalue weighted by atomic mass is 10.2. The third-order valence-corrected chi connectivity index (χ3v) is 3.19. The number of hydrogen-bond acceptors (Lipinski definition) is 3. The predicted molar refractivity (Wildman–Crippen MR) is 77.2 cm³/mol. The monoisotopic (exact) mass is 279 g/mol. The van der Waals surface area contributed by atoms with Crippen molar-refractivity contribution >= 4 is 23.2 Å². The van der Waals surface area contributed by atoms with Gasteiger partial charge in [0.2, 0.25) is 5.91 Å². The summed E-state index contributed by atoms with van der Waals surface area (Å²) in [5.41, 5.74) is 1.27. The first-order valence-corrected chi connectivity index (χ1v) is 6.71. The molecule has 1 rings (SSSR count). The molecule has 1 aromatic carbocycles. The highest BCUT2D eigenvalue weighted by Gasteiger charge is 2.08. The molecular formula is C14H18ClN3O. The molecule has 0 radical (unpaired) electrons. The van der Waals surface area contributed by atoms with Gasteiger partial charge in [0.1, 0.15) is 6.07 Å². The number of carbonyl (C=O) groups excluding carboxylic acids is 1. The minimum Gasteiger partial charge on any atom is -0.384 e. The highest BCUT2D eigenvalue weighted by molar-refractivity contribution is 6.32. The van der Waals surface area contributed by atoms with E-state index in [0.717, 1.165) is 18.8 Å². The zero-order valence-corrected chi connectivity index (χ0v) is 12.0. The van der Waals surface area contributed by atoms with Gasteiger partial charge in [-0.2, -0.15) is 5.26 Å². The van der Waals surface area contributed by atoms with Crippen molar-refractivity contribution in [3.8, 4) is 6.07 Å². The second kappa shape index (κ2) is 7.65. The topological polar surface area (TPSA) is 56.1 Å². The summed E-state index contributed by atoms with van der Waals surface area (Å²) in [6.45, 7) is 5.96. The molecule has 5 heteroatoms. The number of carbonyl (C=O) groups is 1. The van der Waals surface area contributed by atoms with Gasteiger partial charge in [0, 0.05) is 31.7 Å². The van der Waals surface area contributed by atoms with Crippen molar-refractivity contribution in [2.24, 2.45) is 0 Å². The van der Waals surface area contributed by atoms with E-state index in [9.17, 15) is 4.79 Å². The number of nitriles is 1. The third kappa shape index (κ3) is 4.46. The molecule has 102 valence electrons. The Balaban J connectivity index is 2.48. The number of nitrogens with zero attached hydrogens (tertiary/aromatic N) is 2. The van der Waals surface area contributed by atoms with Crippen molar-refractivity contribution in [2.75, 3.05) is 25.0 Å². The van der Waals surface area contributed by atoms with Gasteiger partial charge in [-0.05, 0) is 32.0 Å². The predicted octanol–water partition coefficient (Wildman–Crippen LogP) is 2.88. The molecule has 0 heterocycles. The number of hydrogen-bond donors (Lipinski definition) is 1. The second-order valence-corrected chi connectivity index (χ2v) is 4.46. The van der Waals surface area contributed by atoms with Crippen LogP contribution in [0.25, 0.3) is 0 Å². The molecule has 4 nitrogen and oxygen atoms in total. The molecule has 1 aromatic rings. The first-order chi connectivity index (χ1) is 9.12. The molecule has 0 saturated carbocycles. The van der Waals surface area contributed by atoms with E-state index in [1.807, 2.05) is 19.9 Å². The third-order valence-electron chi connectivity index (χ3n) is 2.87. The normalized spacial score (nSPS) is 9.79. The van der Waals surface area contributed by atoms with Crippen molar-refractivity contribution in [3.63, 3.8) is 0 Å². The average Bonchev–Trinajstić information content (AvgIpc) is 2.40. The van der Waals surface area contributed by atoms with Crippen LogP contribution >= 0.6 is 11.6 Å². The summed E-state index contributed by atoms with van der Waals surface area (Å²) in [5, 5.41) is 12.3. The minimum atomic E-state index is 0.136. The molecule has 1 amide bonds. The van der Waals surface area contributed by atoms with E-state index in [1.165, 1.54) is 0 Å². The van der Waals surface area contributed by atoms with Crippen LogP contribution in [0.4, 0.5) is 5.69 Å². The molecule has 0 aromatic heterocycles. The molecule has 0 atom stereocenters. The number of nitrogens with one attached hydrogen (secondary N) is 1. The molecule has 0 bridgehead atoms. The molecule has 0 unspecified atom stereocenters. The first-order valence-electron chi connectivity index (χ1n) is 6.33. The Morgan fingerprint density at radius 1 is 1.42 bits per heavy atom. The van der Waals surface area contributed by atoms with E-state index in [-0.39, 0.29) is 5.91 Å². The Morgan fingerprint density at radius 3 is 2.63 bits per heavy atom. The van der Waals surface area contributed by atoms with E-state index in [4.69, 9.17) is 16.9 Å². The van der Waals surface area contributed by atoms with Crippen LogP contribution in [0.5, 0.6) is 0 Å². The summed E-state index contributed by atoms with van der Waals surface area (Å²) in [5.74, 6) is 0.136. The van der Waals surface area contributed by atoms with Gasteiger partial charge in [-0.25, -0.2) is 0 Å². The van der Waals surface area contributed by atoms with Crippen molar-refractivity contribution in [3.05, 3.63) is 28.8 Å². The Bertz CT molecular complexity index is 478. The second-order valence-electron chi connectivity index (χ2n) is 4.05. The summed E-state index contributed by atoms with van der Waals surface area (Å²) in [6, 6.07) is 7.15. The van der Waals surface area contributed by atoms with Gasteiger partial charge in [-0.15, -0.1) is 0 Å². The van der Waals surface area contributed by atoms with Gasteiger partial charge in [-0.3, -0.25) is 4.79 Å². The van der Waals surface area contributed by atoms with Crippen LogP contribution in [-0.4, -0.2) is 30.4 Å². The molecule has 0 aliphatic heterocycles. The summed E-state index contributed by atoms with van der Waals surface area (Å²) >= 11 is 5.93. The van der Waals surface area contributed by atoms with Crippen LogP contribution in [0.2, 0.25) is 5.02 Å². The van der Waals surface area contributed by atoms with Crippen molar-refractivity contribution in [2.45, 2.75) is 20.3 Å². The quantitative estimate of drug-likeness (QED) is 0.871. The SMILES string of the molecule is CCN(CC)C(=O)CCNc1ccc(C#N)c(Cl)c1. The lowest BCUT2D eigenvalue weighted by molar-refractivity contribution is -0.130. The van der Waals surface area contributed by atoms with Crippen LogP contribution in [0.1, 0.15) is 25.8 Å². The van der Waals surface area contributed by atoms with Gasteiger partial charge in [0.05, 0.1) is 10.6 Å². The summed E-state index contributed by atoms with van der Waals surface area (Å²) in [6.07, 6.45) is 0.444. The van der Waals surface area contributed by atoms with Gasteiger partial charge in [-0.1, -0.05) is 11.6 Å². The highest BCUT2D eigenvalue weighted by atomic mass is 35.5. The molecular weight excluding hydrogens is 262 g/mol. The van der Waals surface area contributed by atoms with E-state index >= 15 is 0 Å². The fourth-order valence-corrected chi connectivity index (χ4v) is 1.99. The van der Waals surface area contributed by atoms with Crippen molar-refractivity contribution < 1.29 is 4.79 Å². The smallest absolute Gasteiger partial charge is 0.224 e. The Hall–Kier alpha value is -1.73. The molecule has 0 fully saturated rings. The fraction of sp³-hybridized carbons (Fsp3) is 0.429. The zero-order chi connectivity index (χ0) is 14.3. The molecule has 0 aliphatic rings.